The Bertz CT molecular complexity index is 1110. The number of hydrogen-bond acceptors (Lipinski definition) is 4. The number of phenols is 1. The van der Waals surface area contributed by atoms with Gasteiger partial charge in [0.25, 0.3) is 0 Å². The van der Waals surface area contributed by atoms with Gasteiger partial charge in [-0.3, -0.25) is 4.79 Å². The van der Waals surface area contributed by atoms with Gasteiger partial charge < -0.3 is 10.0 Å². The van der Waals surface area contributed by atoms with E-state index in [1.165, 1.54) is 11.1 Å². The third-order valence-electron chi connectivity index (χ3n) is 6.84. The van der Waals surface area contributed by atoms with E-state index < -0.39 is 0 Å². The molecule has 3 aromatic carbocycles. The maximum Gasteiger partial charge on any atom is 0.242 e. The van der Waals surface area contributed by atoms with Gasteiger partial charge in [0.05, 0.1) is 12.1 Å². The summed E-state index contributed by atoms with van der Waals surface area (Å²) < 4.78 is 0. The quantitative estimate of drug-likeness (QED) is 0.577. The number of fused-ring (bicyclic) bond motifs is 1. The molecule has 1 amide bonds. The second kappa shape index (κ2) is 8.41. The Morgan fingerprint density at radius 3 is 2.28 bits per heavy atom. The summed E-state index contributed by atoms with van der Waals surface area (Å²) in [5.41, 5.74) is 11.9. The minimum atomic E-state index is -0.331. The maximum atomic E-state index is 13.5. The Morgan fingerprint density at radius 1 is 0.875 bits per heavy atom. The molecular weight excluding hydrogens is 398 g/mol. The number of amides is 1. The Kier molecular flexibility index (Phi) is 5.45. The summed E-state index contributed by atoms with van der Waals surface area (Å²) in [5, 5.41) is 10.7. The Morgan fingerprint density at radius 2 is 1.56 bits per heavy atom. The van der Waals surface area contributed by atoms with E-state index in [1.807, 2.05) is 42.2 Å². The molecule has 4 atom stereocenters. The van der Waals surface area contributed by atoms with Gasteiger partial charge >= 0.3 is 0 Å². The van der Waals surface area contributed by atoms with Crippen LogP contribution in [0.4, 0.5) is 0 Å². The predicted octanol–water partition coefficient (Wildman–Crippen LogP) is 3.97. The molecule has 0 spiro atoms. The number of nitrogens with zero attached hydrogens (tertiary/aromatic N) is 1. The van der Waals surface area contributed by atoms with Gasteiger partial charge in [0.1, 0.15) is 11.8 Å². The van der Waals surface area contributed by atoms with Crippen LogP contribution in [0.15, 0.2) is 72.8 Å². The summed E-state index contributed by atoms with van der Waals surface area (Å²) in [5.74, 6) is 0.343. The van der Waals surface area contributed by atoms with Gasteiger partial charge in [-0.1, -0.05) is 72.3 Å². The summed E-state index contributed by atoms with van der Waals surface area (Å²) in [6, 6.07) is 24.0. The normalized spacial score (nSPS) is 24.7. The zero-order chi connectivity index (χ0) is 22.2. The zero-order valence-corrected chi connectivity index (χ0v) is 18.5. The molecule has 32 heavy (non-hydrogen) atoms. The molecule has 2 aliphatic rings. The highest BCUT2D eigenvalue weighted by molar-refractivity contribution is 5.86. The van der Waals surface area contributed by atoms with Crippen molar-refractivity contribution in [2.24, 2.45) is 5.92 Å². The number of aromatic hydroxyl groups is 1. The highest BCUT2D eigenvalue weighted by atomic mass is 16.3. The third kappa shape index (κ3) is 3.68. The van der Waals surface area contributed by atoms with Gasteiger partial charge in [-0.2, -0.15) is 0 Å². The lowest BCUT2D eigenvalue weighted by atomic mass is 9.83. The standard InChI is InChI=1S/C27H29N3O2/c1-17-8-11-20(12-9-17)26-23-24(21-13-10-18(2)16-22(21)31)28-29-25(23)27(32)30(26)15-14-19-6-4-3-5-7-19/h3-13,16,23-26,28-29,31H,14-15H2,1-2H3. The van der Waals surface area contributed by atoms with E-state index in [9.17, 15) is 9.90 Å². The van der Waals surface area contributed by atoms with E-state index >= 15 is 0 Å². The van der Waals surface area contributed by atoms with Gasteiger partial charge in [-0.25, -0.2) is 10.9 Å². The van der Waals surface area contributed by atoms with Crippen LogP contribution in [0.5, 0.6) is 5.75 Å². The van der Waals surface area contributed by atoms with Crippen molar-refractivity contribution in [2.75, 3.05) is 6.54 Å². The van der Waals surface area contributed by atoms with Crippen molar-refractivity contribution in [1.82, 2.24) is 15.8 Å². The SMILES string of the molecule is Cc1ccc(C2C3C(NNC3c3ccc(C)cc3O)C(=O)N2CCc2ccccc2)cc1. The molecule has 0 aliphatic carbocycles. The first-order chi connectivity index (χ1) is 15.5. The van der Waals surface area contributed by atoms with Crippen LogP contribution in [0.3, 0.4) is 0 Å². The van der Waals surface area contributed by atoms with Crippen LogP contribution in [-0.4, -0.2) is 28.5 Å². The van der Waals surface area contributed by atoms with Crippen molar-refractivity contribution >= 4 is 5.91 Å². The Balaban J connectivity index is 1.52. The van der Waals surface area contributed by atoms with E-state index in [0.717, 1.165) is 23.1 Å². The first-order valence-electron chi connectivity index (χ1n) is 11.2. The number of rotatable bonds is 5. The summed E-state index contributed by atoms with van der Waals surface area (Å²) in [7, 11) is 0. The van der Waals surface area contributed by atoms with Crippen LogP contribution >= 0.6 is 0 Å². The Labute approximate surface area is 189 Å². The number of likely N-dealkylation sites (tertiary alicyclic amines) is 1. The van der Waals surface area contributed by atoms with E-state index in [4.69, 9.17) is 0 Å². The minimum absolute atomic E-state index is 0.0328. The molecule has 2 fully saturated rings. The topological polar surface area (TPSA) is 64.6 Å². The van der Waals surface area contributed by atoms with Gasteiger partial charge in [-0.15, -0.1) is 0 Å². The number of aryl methyl sites for hydroxylation is 2. The average molecular weight is 428 g/mol. The fourth-order valence-corrected chi connectivity index (χ4v) is 5.19. The molecule has 5 nitrogen and oxygen atoms in total. The highest BCUT2D eigenvalue weighted by Gasteiger charge is 2.55. The molecule has 0 bridgehead atoms. The molecule has 3 aromatic rings. The van der Waals surface area contributed by atoms with Gasteiger partial charge in [0.2, 0.25) is 5.91 Å². The fraction of sp³-hybridized carbons (Fsp3) is 0.296. The van der Waals surface area contributed by atoms with Gasteiger partial charge in [0.15, 0.2) is 0 Å². The van der Waals surface area contributed by atoms with Crippen LogP contribution in [0.2, 0.25) is 0 Å². The molecule has 2 aliphatic heterocycles. The van der Waals surface area contributed by atoms with E-state index in [-0.39, 0.29) is 35.7 Å². The maximum absolute atomic E-state index is 13.5. The van der Waals surface area contributed by atoms with Crippen molar-refractivity contribution in [3.63, 3.8) is 0 Å². The number of hydrazine groups is 1. The van der Waals surface area contributed by atoms with Crippen molar-refractivity contribution in [2.45, 2.75) is 38.4 Å². The molecule has 3 N–H and O–H groups in total. The smallest absolute Gasteiger partial charge is 0.242 e. The van der Waals surface area contributed by atoms with Crippen LogP contribution in [0.1, 0.15) is 39.9 Å². The number of carbonyl (C=O) groups excluding carboxylic acids is 1. The van der Waals surface area contributed by atoms with Crippen molar-refractivity contribution in [3.05, 3.63) is 101 Å². The van der Waals surface area contributed by atoms with Gasteiger partial charge in [0, 0.05) is 18.0 Å². The fourth-order valence-electron chi connectivity index (χ4n) is 5.19. The number of nitrogens with one attached hydrogen (secondary N) is 2. The molecule has 5 heteroatoms. The summed E-state index contributed by atoms with van der Waals surface area (Å²) in [6.45, 7) is 4.69. The van der Waals surface area contributed by atoms with Crippen LogP contribution in [0, 0.1) is 19.8 Å². The first-order valence-corrected chi connectivity index (χ1v) is 11.2. The van der Waals surface area contributed by atoms with E-state index in [1.54, 1.807) is 6.07 Å². The molecule has 0 radical (unpaired) electrons. The lowest BCUT2D eigenvalue weighted by molar-refractivity contribution is -0.130. The molecular formula is C27H29N3O2. The highest BCUT2D eigenvalue weighted by Crippen LogP contribution is 2.48. The monoisotopic (exact) mass is 427 g/mol. The summed E-state index contributed by atoms with van der Waals surface area (Å²) in [4.78, 5) is 15.6. The second-order valence-corrected chi connectivity index (χ2v) is 9.01. The predicted molar refractivity (Wildman–Crippen MR) is 125 cm³/mol. The van der Waals surface area contributed by atoms with Crippen molar-refractivity contribution in [3.8, 4) is 5.75 Å². The third-order valence-corrected chi connectivity index (χ3v) is 6.84. The molecule has 164 valence electrons. The van der Waals surface area contributed by atoms with Crippen molar-refractivity contribution in [1.29, 1.82) is 0 Å². The average Bonchev–Trinajstić information content (AvgIpc) is 3.33. The molecule has 2 heterocycles. The first kappa shape index (κ1) is 20.7. The van der Waals surface area contributed by atoms with Gasteiger partial charge in [-0.05, 0) is 43.0 Å². The van der Waals surface area contributed by atoms with Crippen LogP contribution in [-0.2, 0) is 11.2 Å². The van der Waals surface area contributed by atoms with Crippen LogP contribution in [0.25, 0.3) is 0 Å². The number of phenolic OH excluding ortho intramolecular Hbond substituents is 1. The molecule has 0 aromatic heterocycles. The lowest BCUT2D eigenvalue weighted by Gasteiger charge is -2.31. The summed E-state index contributed by atoms with van der Waals surface area (Å²) in [6.07, 6.45) is 0.808. The van der Waals surface area contributed by atoms with E-state index in [0.29, 0.717) is 6.54 Å². The number of hydrogen-bond donors (Lipinski definition) is 3. The Hall–Kier alpha value is -3.15. The van der Waals surface area contributed by atoms with E-state index in [2.05, 4.69) is 54.2 Å². The second-order valence-electron chi connectivity index (χ2n) is 9.01. The van der Waals surface area contributed by atoms with Crippen LogP contribution < -0.4 is 10.9 Å². The molecule has 2 saturated heterocycles. The number of carbonyl (C=O) groups is 1. The summed E-state index contributed by atoms with van der Waals surface area (Å²) >= 11 is 0. The largest absolute Gasteiger partial charge is 0.508 e. The lowest BCUT2D eigenvalue weighted by Crippen LogP contribution is -2.42. The van der Waals surface area contributed by atoms with Crippen molar-refractivity contribution < 1.29 is 9.90 Å². The zero-order valence-electron chi connectivity index (χ0n) is 18.5. The number of benzene rings is 3. The minimum Gasteiger partial charge on any atom is -0.508 e. The molecule has 5 rings (SSSR count). The molecule has 4 unspecified atom stereocenters. The molecule has 0 saturated carbocycles.